The molecule has 0 unspecified atom stereocenters. The van der Waals surface area contributed by atoms with E-state index in [1.165, 1.54) is 0 Å². The molecule has 2 aromatic rings. The summed E-state index contributed by atoms with van der Waals surface area (Å²) in [6.07, 6.45) is 2.35. The van der Waals surface area contributed by atoms with E-state index in [-0.39, 0.29) is 0 Å². The van der Waals surface area contributed by atoms with Crippen LogP contribution in [0.15, 0.2) is 36.5 Å². The average Bonchev–Trinajstić information content (AvgIpc) is 2.38. The second-order valence-electron chi connectivity index (χ2n) is 3.58. The molecule has 0 bridgehead atoms. The van der Waals surface area contributed by atoms with Crippen LogP contribution in [0.5, 0.6) is 5.75 Å². The molecular weight excluding hydrogens is 216 g/mol. The van der Waals surface area contributed by atoms with E-state index in [0.29, 0.717) is 23.4 Å². The van der Waals surface area contributed by atoms with Gasteiger partial charge in [0.1, 0.15) is 11.4 Å². The molecule has 1 aromatic heterocycles. The van der Waals surface area contributed by atoms with E-state index in [9.17, 15) is 4.79 Å². The van der Waals surface area contributed by atoms with Crippen LogP contribution >= 0.6 is 0 Å². The Morgan fingerprint density at radius 3 is 2.65 bits per heavy atom. The van der Waals surface area contributed by atoms with Gasteiger partial charge in [0, 0.05) is 23.5 Å². The van der Waals surface area contributed by atoms with Crippen LogP contribution in [-0.2, 0) is 0 Å². The number of anilines is 1. The fraction of sp³-hybridized carbons (Fsp3) is 0.0769. The van der Waals surface area contributed by atoms with Crippen LogP contribution in [0.25, 0.3) is 11.1 Å². The van der Waals surface area contributed by atoms with Crippen molar-refractivity contribution in [1.29, 1.82) is 0 Å². The van der Waals surface area contributed by atoms with E-state index < -0.39 is 0 Å². The summed E-state index contributed by atoms with van der Waals surface area (Å²) < 4.78 is 5.15. The minimum Gasteiger partial charge on any atom is -0.497 e. The molecular formula is C13H12N2O2. The monoisotopic (exact) mass is 228 g/mol. The van der Waals surface area contributed by atoms with Gasteiger partial charge in [0.2, 0.25) is 0 Å². The summed E-state index contributed by atoms with van der Waals surface area (Å²) in [7, 11) is 1.59. The number of aldehydes is 1. The quantitative estimate of drug-likeness (QED) is 0.645. The van der Waals surface area contributed by atoms with Crippen molar-refractivity contribution in [3.8, 4) is 16.9 Å². The summed E-state index contributed by atoms with van der Waals surface area (Å²) in [4.78, 5) is 14.5. The first-order valence-electron chi connectivity index (χ1n) is 5.09. The Labute approximate surface area is 99.1 Å². The average molecular weight is 228 g/mol. The van der Waals surface area contributed by atoms with Gasteiger partial charge in [-0.3, -0.25) is 9.78 Å². The molecule has 2 rings (SSSR count). The zero-order valence-corrected chi connectivity index (χ0v) is 9.38. The summed E-state index contributed by atoms with van der Waals surface area (Å²) in [6, 6.07) is 8.94. The molecule has 1 aromatic carbocycles. The lowest BCUT2D eigenvalue weighted by molar-refractivity contribution is 0.111. The normalized spacial score (nSPS) is 9.94. The maximum atomic E-state index is 10.5. The van der Waals surface area contributed by atoms with E-state index in [0.717, 1.165) is 11.1 Å². The number of aromatic nitrogens is 1. The second-order valence-corrected chi connectivity index (χ2v) is 3.58. The van der Waals surface area contributed by atoms with Crippen LogP contribution in [-0.4, -0.2) is 18.4 Å². The maximum Gasteiger partial charge on any atom is 0.168 e. The number of hydrogen-bond acceptors (Lipinski definition) is 4. The topological polar surface area (TPSA) is 65.2 Å². The Morgan fingerprint density at radius 1 is 1.24 bits per heavy atom. The lowest BCUT2D eigenvalue weighted by Gasteiger charge is -2.06. The molecule has 0 aliphatic heterocycles. The van der Waals surface area contributed by atoms with Crippen molar-refractivity contribution in [2.24, 2.45) is 0 Å². The van der Waals surface area contributed by atoms with Gasteiger partial charge in [0.05, 0.1) is 7.11 Å². The number of benzene rings is 1. The maximum absolute atomic E-state index is 10.5. The molecule has 0 amide bonds. The number of pyridine rings is 1. The highest BCUT2D eigenvalue weighted by Gasteiger charge is 2.03. The predicted molar refractivity (Wildman–Crippen MR) is 66.0 cm³/mol. The van der Waals surface area contributed by atoms with Gasteiger partial charge in [-0.05, 0) is 23.8 Å². The molecule has 0 aliphatic carbocycles. The molecule has 0 saturated heterocycles. The van der Waals surface area contributed by atoms with Crippen molar-refractivity contribution in [2.75, 3.05) is 12.8 Å². The largest absolute Gasteiger partial charge is 0.497 e. The molecule has 0 spiro atoms. The van der Waals surface area contributed by atoms with Gasteiger partial charge >= 0.3 is 0 Å². The highest BCUT2D eigenvalue weighted by Crippen LogP contribution is 2.26. The van der Waals surface area contributed by atoms with E-state index >= 15 is 0 Å². The number of hydrogen-bond donors (Lipinski definition) is 1. The van der Waals surface area contributed by atoms with Crippen molar-refractivity contribution in [3.63, 3.8) is 0 Å². The van der Waals surface area contributed by atoms with Crippen molar-refractivity contribution in [3.05, 3.63) is 42.2 Å². The number of nitrogen functional groups attached to an aromatic ring is 1. The molecule has 0 atom stereocenters. The van der Waals surface area contributed by atoms with Crippen LogP contribution in [0, 0.1) is 0 Å². The van der Waals surface area contributed by atoms with Crippen molar-refractivity contribution in [2.45, 2.75) is 0 Å². The fourth-order valence-electron chi connectivity index (χ4n) is 1.55. The first-order valence-corrected chi connectivity index (χ1v) is 5.09. The van der Waals surface area contributed by atoms with E-state index in [1.807, 2.05) is 18.2 Å². The third-order valence-electron chi connectivity index (χ3n) is 2.40. The van der Waals surface area contributed by atoms with Crippen LogP contribution in [0.3, 0.4) is 0 Å². The molecule has 0 saturated carbocycles. The lowest BCUT2D eigenvalue weighted by atomic mass is 10.1. The molecule has 0 aliphatic rings. The molecule has 1 heterocycles. The van der Waals surface area contributed by atoms with Crippen molar-refractivity contribution in [1.82, 2.24) is 4.98 Å². The summed E-state index contributed by atoms with van der Waals surface area (Å²) in [5.41, 5.74) is 8.60. The number of rotatable bonds is 3. The Balaban J connectivity index is 2.44. The zero-order chi connectivity index (χ0) is 12.3. The van der Waals surface area contributed by atoms with Crippen LogP contribution in [0.4, 0.5) is 5.69 Å². The van der Waals surface area contributed by atoms with Crippen LogP contribution in [0.1, 0.15) is 10.5 Å². The standard InChI is InChI=1S/C13H12N2O2/c1-17-13-5-10(4-11(14)6-13)9-2-3-12(8-16)15-7-9/h2-8H,14H2,1H3. The van der Waals surface area contributed by atoms with Gasteiger partial charge in [-0.2, -0.15) is 0 Å². The Hall–Kier alpha value is -2.36. The summed E-state index contributed by atoms with van der Waals surface area (Å²) in [5.74, 6) is 0.694. The predicted octanol–water partition coefficient (Wildman–Crippen LogP) is 2.15. The number of carbonyl (C=O) groups excluding carboxylic acids is 1. The van der Waals surface area contributed by atoms with E-state index in [4.69, 9.17) is 10.5 Å². The van der Waals surface area contributed by atoms with Gasteiger partial charge in [0.15, 0.2) is 6.29 Å². The highest BCUT2D eigenvalue weighted by molar-refractivity contribution is 5.74. The van der Waals surface area contributed by atoms with Gasteiger partial charge in [-0.1, -0.05) is 6.07 Å². The first kappa shape index (κ1) is 11.1. The molecule has 0 radical (unpaired) electrons. The summed E-state index contributed by atoms with van der Waals surface area (Å²) in [6.45, 7) is 0. The molecule has 86 valence electrons. The molecule has 4 nitrogen and oxygen atoms in total. The highest BCUT2D eigenvalue weighted by atomic mass is 16.5. The minimum absolute atomic E-state index is 0.407. The second kappa shape index (κ2) is 4.65. The number of nitrogens with two attached hydrogens (primary N) is 1. The van der Waals surface area contributed by atoms with E-state index in [2.05, 4.69) is 4.98 Å². The molecule has 0 fully saturated rings. The Bertz CT molecular complexity index is 536. The van der Waals surface area contributed by atoms with Gasteiger partial charge < -0.3 is 10.5 Å². The number of ether oxygens (including phenoxy) is 1. The van der Waals surface area contributed by atoms with Gasteiger partial charge in [-0.15, -0.1) is 0 Å². The first-order chi connectivity index (χ1) is 8.22. The van der Waals surface area contributed by atoms with Crippen molar-refractivity contribution >= 4 is 12.0 Å². The minimum atomic E-state index is 0.407. The van der Waals surface area contributed by atoms with Gasteiger partial charge in [0.25, 0.3) is 0 Å². The fourth-order valence-corrected chi connectivity index (χ4v) is 1.55. The number of carbonyl (C=O) groups is 1. The smallest absolute Gasteiger partial charge is 0.168 e. The van der Waals surface area contributed by atoms with Crippen LogP contribution in [0.2, 0.25) is 0 Å². The summed E-state index contributed by atoms with van der Waals surface area (Å²) in [5, 5.41) is 0. The molecule has 4 heteroatoms. The van der Waals surface area contributed by atoms with E-state index in [1.54, 1.807) is 25.4 Å². The van der Waals surface area contributed by atoms with Gasteiger partial charge in [-0.25, -0.2) is 0 Å². The number of nitrogens with zero attached hydrogens (tertiary/aromatic N) is 1. The molecule has 17 heavy (non-hydrogen) atoms. The Kier molecular flexibility index (Phi) is 3.05. The SMILES string of the molecule is COc1cc(N)cc(-c2ccc(C=O)nc2)c1. The third-order valence-corrected chi connectivity index (χ3v) is 2.40. The zero-order valence-electron chi connectivity index (χ0n) is 9.38. The number of methoxy groups -OCH3 is 1. The molecule has 2 N–H and O–H groups in total. The van der Waals surface area contributed by atoms with Crippen molar-refractivity contribution < 1.29 is 9.53 Å². The third kappa shape index (κ3) is 2.42. The summed E-state index contributed by atoms with van der Waals surface area (Å²) >= 11 is 0. The lowest BCUT2D eigenvalue weighted by Crippen LogP contribution is -1.91. The Morgan fingerprint density at radius 2 is 2.06 bits per heavy atom. The van der Waals surface area contributed by atoms with Crippen LogP contribution < -0.4 is 10.5 Å².